The predicted octanol–water partition coefficient (Wildman–Crippen LogP) is 4.39. The molecule has 0 unspecified atom stereocenters. The first-order valence-corrected chi connectivity index (χ1v) is 7.72. The van der Waals surface area contributed by atoms with Crippen molar-refractivity contribution >= 4 is 11.9 Å². The van der Waals surface area contributed by atoms with Gasteiger partial charge < -0.3 is 10.2 Å². The molecule has 0 aromatic heterocycles. The van der Waals surface area contributed by atoms with E-state index >= 15 is 0 Å². The van der Waals surface area contributed by atoms with Crippen LogP contribution in [-0.4, -0.2) is 22.2 Å². The van der Waals surface area contributed by atoms with Crippen molar-refractivity contribution in [1.82, 2.24) is 0 Å². The number of carbonyl (C=O) groups is 2. The molecule has 0 bridgehead atoms. The van der Waals surface area contributed by atoms with Gasteiger partial charge in [-0.3, -0.25) is 4.79 Å². The summed E-state index contributed by atoms with van der Waals surface area (Å²) in [5.74, 6) is -1.54. The summed E-state index contributed by atoms with van der Waals surface area (Å²) in [6.07, 6.45) is 11.4. The van der Waals surface area contributed by atoms with Crippen LogP contribution in [0.2, 0.25) is 0 Å². The van der Waals surface area contributed by atoms with E-state index in [0.717, 1.165) is 51.4 Å². The van der Waals surface area contributed by atoms with E-state index < -0.39 is 11.9 Å². The van der Waals surface area contributed by atoms with E-state index in [1.165, 1.54) is 0 Å². The Hall–Kier alpha value is -1.32. The Balaban J connectivity index is 3.70. The molecular weight excluding hydrogens is 256 g/mol. The van der Waals surface area contributed by atoms with Crippen molar-refractivity contribution in [2.75, 3.05) is 0 Å². The minimum Gasteiger partial charge on any atom is -0.481 e. The highest BCUT2D eigenvalue weighted by atomic mass is 16.4. The molecule has 116 valence electrons. The minimum absolute atomic E-state index is 0.234. The highest BCUT2D eigenvalue weighted by Crippen LogP contribution is 2.14. The van der Waals surface area contributed by atoms with Crippen LogP contribution in [0.25, 0.3) is 0 Å². The van der Waals surface area contributed by atoms with Gasteiger partial charge >= 0.3 is 11.9 Å². The summed E-state index contributed by atoms with van der Waals surface area (Å²) in [5, 5.41) is 17.6. The van der Waals surface area contributed by atoms with Crippen LogP contribution in [0.1, 0.15) is 77.6 Å². The summed E-state index contributed by atoms with van der Waals surface area (Å²) in [7, 11) is 0. The van der Waals surface area contributed by atoms with Crippen molar-refractivity contribution in [3.63, 3.8) is 0 Å². The fourth-order valence-electron chi connectivity index (χ4n) is 2.09. The number of allylic oxidation sites excluding steroid dienone is 1. The molecule has 0 aromatic carbocycles. The molecule has 0 aliphatic carbocycles. The van der Waals surface area contributed by atoms with Crippen molar-refractivity contribution in [2.45, 2.75) is 77.6 Å². The standard InChI is InChI=1S/C16H28O4/c1-2-3-4-8-11-14(16(19)20)12-9-6-5-7-10-13-15(17)18/h11H,2-10,12-13H2,1H3,(H,17,18)(H,19,20). The normalized spacial score (nSPS) is 11.6. The second-order valence-corrected chi connectivity index (χ2v) is 5.19. The van der Waals surface area contributed by atoms with E-state index in [1.54, 1.807) is 0 Å². The molecule has 0 fully saturated rings. The number of unbranched alkanes of at least 4 members (excludes halogenated alkanes) is 7. The Bertz CT molecular complexity index is 308. The highest BCUT2D eigenvalue weighted by Gasteiger charge is 2.06. The van der Waals surface area contributed by atoms with E-state index in [2.05, 4.69) is 6.92 Å². The Labute approximate surface area is 121 Å². The first-order chi connectivity index (χ1) is 9.57. The summed E-state index contributed by atoms with van der Waals surface area (Å²) < 4.78 is 0. The van der Waals surface area contributed by atoms with Crippen LogP contribution in [-0.2, 0) is 9.59 Å². The zero-order valence-corrected chi connectivity index (χ0v) is 12.6. The molecule has 4 nitrogen and oxygen atoms in total. The fourth-order valence-corrected chi connectivity index (χ4v) is 2.09. The highest BCUT2D eigenvalue weighted by molar-refractivity contribution is 5.86. The van der Waals surface area contributed by atoms with Crippen molar-refractivity contribution in [2.24, 2.45) is 0 Å². The van der Waals surface area contributed by atoms with E-state index in [-0.39, 0.29) is 6.42 Å². The van der Waals surface area contributed by atoms with E-state index in [9.17, 15) is 9.59 Å². The molecule has 0 saturated carbocycles. The lowest BCUT2D eigenvalue weighted by Crippen LogP contribution is -2.01. The Kier molecular flexibility index (Phi) is 11.9. The first kappa shape index (κ1) is 18.7. The smallest absolute Gasteiger partial charge is 0.331 e. The average molecular weight is 284 g/mol. The van der Waals surface area contributed by atoms with Gasteiger partial charge in [0.05, 0.1) is 0 Å². The van der Waals surface area contributed by atoms with Crippen LogP contribution in [0.15, 0.2) is 11.6 Å². The molecule has 2 N–H and O–H groups in total. The maximum atomic E-state index is 11.1. The lowest BCUT2D eigenvalue weighted by Gasteiger charge is -2.03. The molecule has 0 atom stereocenters. The number of rotatable bonds is 13. The summed E-state index contributed by atoms with van der Waals surface area (Å²) in [6.45, 7) is 2.13. The summed E-state index contributed by atoms with van der Waals surface area (Å²) in [5.41, 5.74) is 0.534. The largest absolute Gasteiger partial charge is 0.481 e. The number of carboxylic acids is 2. The monoisotopic (exact) mass is 284 g/mol. The van der Waals surface area contributed by atoms with Crippen molar-refractivity contribution in [1.29, 1.82) is 0 Å². The van der Waals surface area contributed by atoms with Crippen LogP contribution >= 0.6 is 0 Å². The van der Waals surface area contributed by atoms with Gasteiger partial charge in [0.15, 0.2) is 0 Å². The second-order valence-electron chi connectivity index (χ2n) is 5.19. The summed E-state index contributed by atoms with van der Waals surface area (Å²) in [6, 6.07) is 0. The van der Waals surface area contributed by atoms with Gasteiger partial charge in [-0.05, 0) is 32.1 Å². The maximum Gasteiger partial charge on any atom is 0.331 e. The van der Waals surface area contributed by atoms with Gasteiger partial charge in [0.1, 0.15) is 0 Å². The molecule has 0 aromatic rings. The van der Waals surface area contributed by atoms with Crippen LogP contribution < -0.4 is 0 Å². The van der Waals surface area contributed by atoms with Gasteiger partial charge in [-0.1, -0.05) is 45.1 Å². The third kappa shape index (κ3) is 11.8. The van der Waals surface area contributed by atoms with Crippen LogP contribution in [0.5, 0.6) is 0 Å². The molecule has 0 aliphatic rings. The predicted molar refractivity (Wildman–Crippen MR) is 79.8 cm³/mol. The van der Waals surface area contributed by atoms with Crippen LogP contribution in [0.3, 0.4) is 0 Å². The number of aliphatic carboxylic acids is 2. The van der Waals surface area contributed by atoms with Crippen LogP contribution in [0, 0.1) is 0 Å². The fraction of sp³-hybridized carbons (Fsp3) is 0.750. The van der Waals surface area contributed by atoms with E-state index in [0.29, 0.717) is 18.4 Å². The molecule has 20 heavy (non-hydrogen) atoms. The van der Waals surface area contributed by atoms with Gasteiger partial charge in [-0.15, -0.1) is 0 Å². The molecule has 0 aliphatic heterocycles. The summed E-state index contributed by atoms with van der Waals surface area (Å²) >= 11 is 0. The van der Waals surface area contributed by atoms with Gasteiger partial charge in [-0.25, -0.2) is 4.79 Å². The number of hydrogen-bond donors (Lipinski definition) is 2. The topological polar surface area (TPSA) is 74.6 Å². The maximum absolute atomic E-state index is 11.1. The van der Waals surface area contributed by atoms with Gasteiger partial charge in [0, 0.05) is 12.0 Å². The van der Waals surface area contributed by atoms with Crippen molar-refractivity contribution in [3.8, 4) is 0 Å². The van der Waals surface area contributed by atoms with Crippen molar-refractivity contribution < 1.29 is 19.8 Å². The van der Waals surface area contributed by atoms with Crippen molar-refractivity contribution in [3.05, 3.63) is 11.6 Å². The first-order valence-electron chi connectivity index (χ1n) is 7.72. The Morgan fingerprint density at radius 1 is 0.850 bits per heavy atom. The minimum atomic E-state index is -0.799. The van der Waals surface area contributed by atoms with Gasteiger partial charge in [0.2, 0.25) is 0 Å². The average Bonchev–Trinajstić information content (AvgIpc) is 2.39. The number of carboxylic acid groups (broad SMARTS) is 2. The molecule has 0 amide bonds. The zero-order valence-electron chi connectivity index (χ0n) is 12.6. The lowest BCUT2D eigenvalue weighted by atomic mass is 10.0. The molecule has 0 heterocycles. The molecule has 0 saturated heterocycles. The molecule has 0 radical (unpaired) electrons. The van der Waals surface area contributed by atoms with E-state index in [4.69, 9.17) is 10.2 Å². The Morgan fingerprint density at radius 3 is 2.00 bits per heavy atom. The molecule has 0 spiro atoms. The van der Waals surface area contributed by atoms with Crippen LogP contribution in [0.4, 0.5) is 0 Å². The van der Waals surface area contributed by atoms with E-state index in [1.807, 2.05) is 6.08 Å². The quantitative estimate of drug-likeness (QED) is 0.388. The third-order valence-corrected chi connectivity index (χ3v) is 3.31. The molecule has 0 rings (SSSR count). The summed E-state index contributed by atoms with van der Waals surface area (Å²) in [4.78, 5) is 21.4. The second kappa shape index (κ2) is 12.7. The third-order valence-electron chi connectivity index (χ3n) is 3.31. The zero-order chi connectivity index (χ0) is 15.2. The molecular formula is C16H28O4. The van der Waals surface area contributed by atoms with Gasteiger partial charge in [-0.2, -0.15) is 0 Å². The SMILES string of the molecule is CCCCCC=C(CCCCCCCC(=O)O)C(=O)O. The van der Waals surface area contributed by atoms with Gasteiger partial charge in [0.25, 0.3) is 0 Å². The molecule has 4 heteroatoms. The number of hydrogen-bond acceptors (Lipinski definition) is 2. The Morgan fingerprint density at radius 2 is 1.45 bits per heavy atom. The lowest BCUT2D eigenvalue weighted by molar-refractivity contribution is -0.137.